The number of nitrogens with one attached hydrogen (secondary N) is 1. The quantitative estimate of drug-likeness (QED) is 0.627. The first-order chi connectivity index (χ1) is 17.2. The van der Waals surface area contributed by atoms with Gasteiger partial charge in [0.1, 0.15) is 0 Å². The van der Waals surface area contributed by atoms with Crippen molar-refractivity contribution in [3.05, 3.63) is 59.4 Å². The highest BCUT2D eigenvalue weighted by Crippen LogP contribution is 2.39. The first kappa shape index (κ1) is 24.6. The number of fused-ring (bicyclic) bond motifs is 1. The van der Waals surface area contributed by atoms with Crippen molar-refractivity contribution in [1.29, 1.82) is 0 Å². The van der Waals surface area contributed by atoms with E-state index in [-0.39, 0.29) is 41.6 Å². The molecule has 0 radical (unpaired) electrons. The molecule has 8 nitrogen and oxygen atoms in total. The van der Waals surface area contributed by atoms with Gasteiger partial charge in [-0.15, -0.1) is 0 Å². The zero-order valence-electron chi connectivity index (χ0n) is 21.4. The molecule has 5 rings (SSSR count). The Labute approximate surface area is 212 Å². The number of amides is 2. The lowest BCUT2D eigenvalue weighted by molar-refractivity contribution is -0.128. The molecule has 2 aromatic rings. The fourth-order valence-electron chi connectivity index (χ4n) is 5.65. The summed E-state index contributed by atoms with van der Waals surface area (Å²) in [6, 6.07) is 11.3. The number of ketones is 1. The smallest absolute Gasteiger partial charge is 0.241 e. The van der Waals surface area contributed by atoms with Crippen LogP contribution in [-0.4, -0.2) is 83.7 Å². The second-order valence-corrected chi connectivity index (χ2v) is 11.0. The number of piperazine rings is 1. The molecule has 2 atom stereocenters. The molecule has 2 saturated heterocycles. The molecule has 1 N–H and O–H groups in total. The van der Waals surface area contributed by atoms with Crippen LogP contribution < -0.4 is 10.2 Å². The average molecular weight is 490 g/mol. The number of rotatable bonds is 6. The molecule has 0 saturated carbocycles. The summed E-state index contributed by atoms with van der Waals surface area (Å²) in [5, 5.41) is 3.51. The standard InChI is InChI=1S/C28H35N5O3/c1-19-15-32(22(14-29-19)16-31-11-7-10-24(31)34)17-25(35)33-18-28(2,3)27-23(33)12-21(13-30-27)26(36)20-8-5-4-6-9-20/h4-6,8-9,12-13,19,22,29H,7,10-11,14-18H2,1-3H3/t19-,22+/m1/s1. The van der Waals surface area contributed by atoms with Gasteiger partial charge in [-0.3, -0.25) is 24.3 Å². The highest BCUT2D eigenvalue weighted by Gasteiger charge is 2.41. The number of nitrogens with zero attached hydrogens (tertiary/aromatic N) is 4. The van der Waals surface area contributed by atoms with Gasteiger partial charge in [0, 0.05) is 74.0 Å². The van der Waals surface area contributed by atoms with Crippen LogP contribution in [0.1, 0.15) is 55.2 Å². The molecule has 190 valence electrons. The van der Waals surface area contributed by atoms with Crippen molar-refractivity contribution < 1.29 is 14.4 Å². The van der Waals surface area contributed by atoms with Gasteiger partial charge < -0.3 is 15.1 Å². The van der Waals surface area contributed by atoms with Crippen LogP contribution >= 0.6 is 0 Å². The Balaban J connectivity index is 1.37. The van der Waals surface area contributed by atoms with Crippen molar-refractivity contribution in [3.63, 3.8) is 0 Å². The highest BCUT2D eigenvalue weighted by molar-refractivity contribution is 6.10. The van der Waals surface area contributed by atoms with Crippen LogP contribution in [0.25, 0.3) is 0 Å². The van der Waals surface area contributed by atoms with E-state index in [9.17, 15) is 14.4 Å². The van der Waals surface area contributed by atoms with Gasteiger partial charge in [-0.2, -0.15) is 0 Å². The fraction of sp³-hybridized carbons (Fsp3) is 0.500. The minimum Gasteiger partial charge on any atom is -0.341 e. The summed E-state index contributed by atoms with van der Waals surface area (Å²) in [6.07, 6.45) is 3.15. The van der Waals surface area contributed by atoms with Gasteiger partial charge in [-0.25, -0.2) is 0 Å². The van der Waals surface area contributed by atoms with Crippen molar-refractivity contribution in [2.24, 2.45) is 0 Å². The molecule has 0 spiro atoms. The van der Waals surface area contributed by atoms with E-state index in [0.29, 0.717) is 30.6 Å². The largest absolute Gasteiger partial charge is 0.341 e. The van der Waals surface area contributed by atoms with Gasteiger partial charge in [0.25, 0.3) is 0 Å². The van der Waals surface area contributed by atoms with E-state index in [0.717, 1.165) is 37.4 Å². The lowest BCUT2D eigenvalue weighted by Gasteiger charge is -2.41. The molecule has 2 fully saturated rings. The topological polar surface area (TPSA) is 85.9 Å². The van der Waals surface area contributed by atoms with Crippen LogP contribution in [0.3, 0.4) is 0 Å². The van der Waals surface area contributed by atoms with E-state index in [1.165, 1.54) is 0 Å². The monoisotopic (exact) mass is 489 g/mol. The summed E-state index contributed by atoms with van der Waals surface area (Å²) in [5.74, 6) is 0.103. The van der Waals surface area contributed by atoms with Crippen LogP contribution in [0.15, 0.2) is 42.6 Å². The predicted octanol–water partition coefficient (Wildman–Crippen LogP) is 2.22. The van der Waals surface area contributed by atoms with Crippen molar-refractivity contribution in [1.82, 2.24) is 20.1 Å². The Morgan fingerprint density at radius 1 is 1.17 bits per heavy atom. The molecular weight excluding hydrogens is 454 g/mol. The summed E-state index contributed by atoms with van der Waals surface area (Å²) in [4.78, 5) is 49.7. The first-order valence-corrected chi connectivity index (χ1v) is 12.9. The number of benzene rings is 1. The van der Waals surface area contributed by atoms with Crippen LogP contribution in [0.4, 0.5) is 5.69 Å². The number of hydrogen-bond acceptors (Lipinski definition) is 6. The van der Waals surface area contributed by atoms with E-state index in [2.05, 4.69) is 36.0 Å². The number of hydrogen-bond donors (Lipinski definition) is 1. The van der Waals surface area contributed by atoms with Crippen LogP contribution in [0.2, 0.25) is 0 Å². The van der Waals surface area contributed by atoms with E-state index >= 15 is 0 Å². The van der Waals surface area contributed by atoms with E-state index in [1.54, 1.807) is 23.2 Å². The van der Waals surface area contributed by atoms with Crippen molar-refractivity contribution in [3.8, 4) is 0 Å². The Morgan fingerprint density at radius 3 is 2.67 bits per heavy atom. The lowest BCUT2D eigenvalue weighted by Crippen LogP contribution is -2.60. The maximum absolute atomic E-state index is 13.7. The highest BCUT2D eigenvalue weighted by atomic mass is 16.2. The maximum atomic E-state index is 13.7. The number of aromatic nitrogens is 1. The SMILES string of the molecule is C[C@@H]1CN(CC(=O)N2CC(C)(C)c3ncc(C(=O)c4ccccc4)cc32)[C@H](CN2CCCC2=O)CN1. The Bertz CT molecular complexity index is 1170. The second kappa shape index (κ2) is 9.75. The van der Waals surface area contributed by atoms with Crippen molar-refractivity contribution in [2.75, 3.05) is 44.2 Å². The minimum absolute atomic E-state index is 0.000200. The van der Waals surface area contributed by atoms with Crippen LogP contribution in [0, 0.1) is 0 Å². The second-order valence-electron chi connectivity index (χ2n) is 11.0. The molecule has 2 amide bonds. The molecule has 36 heavy (non-hydrogen) atoms. The molecule has 1 aromatic carbocycles. The first-order valence-electron chi connectivity index (χ1n) is 12.9. The number of pyridine rings is 1. The van der Waals surface area contributed by atoms with E-state index in [4.69, 9.17) is 0 Å². The Morgan fingerprint density at radius 2 is 1.94 bits per heavy atom. The summed E-state index contributed by atoms with van der Waals surface area (Å²) in [5.41, 5.74) is 2.34. The normalized spacial score (nSPS) is 23.7. The molecule has 3 aliphatic rings. The summed E-state index contributed by atoms with van der Waals surface area (Å²) >= 11 is 0. The fourth-order valence-corrected chi connectivity index (χ4v) is 5.65. The Kier molecular flexibility index (Phi) is 6.66. The summed E-state index contributed by atoms with van der Waals surface area (Å²) < 4.78 is 0. The molecule has 0 aliphatic carbocycles. The summed E-state index contributed by atoms with van der Waals surface area (Å²) in [7, 11) is 0. The number of likely N-dealkylation sites (tertiary alicyclic amines) is 1. The molecule has 1 aromatic heterocycles. The zero-order chi connectivity index (χ0) is 25.4. The lowest BCUT2D eigenvalue weighted by atomic mass is 9.91. The molecule has 4 heterocycles. The third-order valence-electron chi connectivity index (χ3n) is 7.62. The van der Waals surface area contributed by atoms with Gasteiger partial charge in [0.2, 0.25) is 11.8 Å². The maximum Gasteiger partial charge on any atom is 0.241 e. The van der Waals surface area contributed by atoms with Crippen molar-refractivity contribution in [2.45, 2.75) is 51.1 Å². The predicted molar refractivity (Wildman–Crippen MR) is 138 cm³/mol. The molecule has 8 heteroatoms. The molecule has 0 bridgehead atoms. The van der Waals surface area contributed by atoms with E-state index in [1.807, 2.05) is 29.2 Å². The average Bonchev–Trinajstić information content (AvgIpc) is 3.39. The van der Waals surface area contributed by atoms with Crippen LogP contribution in [0.5, 0.6) is 0 Å². The Hall–Kier alpha value is -3.10. The number of carbonyl (C=O) groups excluding carboxylic acids is 3. The van der Waals surface area contributed by atoms with Gasteiger partial charge in [-0.05, 0) is 19.4 Å². The molecule has 0 unspecified atom stereocenters. The minimum atomic E-state index is -0.308. The molecule has 3 aliphatic heterocycles. The molecular formula is C28H35N5O3. The van der Waals surface area contributed by atoms with Gasteiger partial charge in [-0.1, -0.05) is 44.2 Å². The van der Waals surface area contributed by atoms with Gasteiger partial charge >= 0.3 is 0 Å². The number of anilines is 1. The third kappa shape index (κ3) is 4.80. The van der Waals surface area contributed by atoms with Crippen molar-refractivity contribution >= 4 is 23.3 Å². The number of carbonyl (C=O) groups is 3. The van der Waals surface area contributed by atoms with Gasteiger partial charge in [0.05, 0.1) is 17.9 Å². The van der Waals surface area contributed by atoms with Crippen LogP contribution in [-0.2, 0) is 15.0 Å². The zero-order valence-corrected chi connectivity index (χ0v) is 21.4. The van der Waals surface area contributed by atoms with Gasteiger partial charge in [0.15, 0.2) is 5.78 Å². The van der Waals surface area contributed by atoms with E-state index < -0.39 is 0 Å². The third-order valence-corrected chi connectivity index (χ3v) is 7.62. The summed E-state index contributed by atoms with van der Waals surface area (Å²) in [6.45, 7) is 10.0.